The van der Waals surface area contributed by atoms with Crippen molar-refractivity contribution in [3.05, 3.63) is 9.89 Å². The molecule has 0 aliphatic carbocycles. The minimum atomic E-state index is 0.0810. The summed E-state index contributed by atoms with van der Waals surface area (Å²) in [5, 5.41) is 2.11. The van der Waals surface area contributed by atoms with E-state index in [1.165, 1.54) is 4.48 Å². The predicted molar refractivity (Wildman–Crippen MR) is 54.6 cm³/mol. The highest BCUT2D eigenvalue weighted by molar-refractivity contribution is 9.16. The van der Waals surface area contributed by atoms with Crippen molar-refractivity contribution in [1.29, 1.82) is 0 Å². The molecule has 0 bridgehead atoms. The molecule has 0 radical (unpaired) electrons. The van der Waals surface area contributed by atoms with E-state index in [9.17, 15) is 0 Å². The Kier molecular flexibility index (Phi) is 2.76. The molecule has 0 saturated carbocycles. The van der Waals surface area contributed by atoms with E-state index in [0.717, 1.165) is 0 Å². The Morgan fingerprint density at radius 2 is 2.33 bits per heavy atom. The third-order valence-electron chi connectivity index (χ3n) is 1.18. The number of halogens is 3. The number of hydrogen-bond acceptors (Lipinski definition) is 1. The van der Waals surface area contributed by atoms with Gasteiger partial charge in [0.15, 0.2) is 0 Å². The second-order valence-electron chi connectivity index (χ2n) is 1.99. The van der Waals surface area contributed by atoms with E-state index in [0.29, 0.717) is 4.16 Å². The summed E-state index contributed by atoms with van der Waals surface area (Å²) in [6.45, 7) is 2.13. The summed E-state index contributed by atoms with van der Waals surface area (Å²) in [5.74, 6) is 0. The van der Waals surface area contributed by atoms with Gasteiger partial charge in [0.25, 0.3) is 0 Å². The lowest BCUT2D eigenvalue weighted by atomic mass is 10.2. The molecule has 0 N–H and O–H groups in total. The molecular weight excluding hydrogens is 332 g/mol. The zero-order valence-electron chi connectivity index (χ0n) is 4.70. The van der Waals surface area contributed by atoms with E-state index in [1.807, 2.05) is 0 Å². The monoisotopic (exact) mass is 334 g/mol. The van der Waals surface area contributed by atoms with E-state index >= 15 is 0 Å². The number of hydrogen-bond donors (Lipinski definition) is 0. The molecule has 2 atom stereocenters. The van der Waals surface area contributed by atoms with E-state index in [2.05, 4.69) is 60.1 Å². The summed E-state index contributed by atoms with van der Waals surface area (Å²) >= 11 is 12.4. The highest BCUT2D eigenvalue weighted by Crippen LogP contribution is 2.50. The molecule has 0 nitrogen and oxygen atoms in total. The minimum absolute atomic E-state index is 0.0810. The van der Waals surface area contributed by atoms with E-state index in [4.69, 9.17) is 0 Å². The molecular formula is C5H5Br3S. The molecule has 0 amide bonds. The van der Waals surface area contributed by atoms with Crippen molar-refractivity contribution in [2.24, 2.45) is 0 Å². The molecule has 9 heavy (non-hydrogen) atoms. The number of thioether (sulfide) groups is 1. The van der Waals surface area contributed by atoms with Gasteiger partial charge in [-0.3, -0.25) is 0 Å². The Hall–Kier alpha value is 1.53. The molecule has 0 spiro atoms. The van der Waals surface area contributed by atoms with Gasteiger partial charge in [0.2, 0.25) is 0 Å². The lowest BCUT2D eigenvalue weighted by Gasteiger charge is -2.19. The summed E-state index contributed by atoms with van der Waals surface area (Å²) in [4.78, 5) is 0. The zero-order valence-corrected chi connectivity index (χ0v) is 10.3. The molecule has 1 aliphatic heterocycles. The lowest BCUT2D eigenvalue weighted by molar-refractivity contribution is 0.912. The number of alkyl halides is 2. The van der Waals surface area contributed by atoms with Crippen molar-refractivity contribution in [2.45, 2.75) is 15.4 Å². The van der Waals surface area contributed by atoms with Crippen molar-refractivity contribution in [2.75, 3.05) is 0 Å². The third-order valence-corrected chi connectivity index (χ3v) is 7.52. The Labute approximate surface area is 84.2 Å². The summed E-state index contributed by atoms with van der Waals surface area (Å²) in [5.41, 5.74) is 0. The Balaban J connectivity index is 2.81. The van der Waals surface area contributed by atoms with Crippen LogP contribution in [0.3, 0.4) is 0 Å². The molecule has 52 valence electrons. The van der Waals surface area contributed by atoms with Crippen LogP contribution in [-0.2, 0) is 0 Å². The van der Waals surface area contributed by atoms with Crippen LogP contribution in [0.5, 0.6) is 0 Å². The average Bonchev–Trinajstić information content (AvgIpc) is 1.96. The largest absolute Gasteiger partial charge is 0.116 e. The molecule has 1 rings (SSSR count). The molecule has 1 aliphatic rings. The third kappa shape index (κ3) is 1.57. The molecule has 4 heteroatoms. The first kappa shape index (κ1) is 8.62. The van der Waals surface area contributed by atoms with Crippen LogP contribution in [0.25, 0.3) is 0 Å². The smallest absolute Gasteiger partial charge is 0.0837 e. The first-order valence-corrected chi connectivity index (χ1v) is 5.84. The molecule has 0 aromatic carbocycles. The molecule has 1 heterocycles. The SMILES string of the molecule is CC1(Br)C(Br)=CSC1Br. The van der Waals surface area contributed by atoms with E-state index < -0.39 is 0 Å². The van der Waals surface area contributed by atoms with Crippen molar-refractivity contribution in [1.82, 2.24) is 0 Å². The van der Waals surface area contributed by atoms with Crippen molar-refractivity contribution in [3.63, 3.8) is 0 Å². The minimum Gasteiger partial charge on any atom is -0.116 e. The summed E-state index contributed by atoms with van der Waals surface area (Å²) in [7, 11) is 0. The van der Waals surface area contributed by atoms with Crippen LogP contribution in [0.15, 0.2) is 9.89 Å². The van der Waals surface area contributed by atoms with Gasteiger partial charge >= 0.3 is 0 Å². The van der Waals surface area contributed by atoms with Gasteiger partial charge in [-0.2, -0.15) is 0 Å². The van der Waals surface area contributed by atoms with Crippen molar-refractivity contribution >= 4 is 59.6 Å². The van der Waals surface area contributed by atoms with Gasteiger partial charge in [0.05, 0.1) is 8.48 Å². The van der Waals surface area contributed by atoms with E-state index in [-0.39, 0.29) is 4.32 Å². The standard InChI is InChI=1S/C5H5Br3S/c1-5(8)3(6)2-9-4(5)7/h2,4H,1H3. The maximum Gasteiger partial charge on any atom is 0.0837 e. The maximum atomic E-state index is 3.59. The van der Waals surface area contributed by atoms with Crippen LogP contribution in [0.2, 0.25) is 0 Å². The summed E-state index contributed by atoms with van der Waals surface area (Å²) < 4.78 is 1.73. The van der Waals surface area contributed by atoms with Gasteiger partial charge in [-0.1, -0.05) is 47.8 Å². The Morgan fingerprint density at radius 3 is 2.44 bits per heavy atom. The molecule has 0 fully saturated rings. The topological polar surface area (TPSA) is 0 Å². The first-order chi connectivity index (χ1) is 4.05. The van der Waals surface area contributed by atoms with Crippen LogP contribution in [0.1, 0.15) is 6.92 Å². The fourth-order valence-electron chi connectivity index (χ4n) is 0.471. The normalized spacial score (nSPS) is 43.1. The zero-order chi connectivity index (χ0) is 7.07. The highest BCUT2D eigenvalue weighted by atomic mass is 79.9. The summed E-state index contributed by atoms with van der Waals surface area (Å²) in [6.07, 6.45) is 0. The quantitative estimate of drug-likeness (QED) is 0.606. The summed E-state index contributed by atoms with van der Waals surface area (Å²) in [6, 6.07) is 0. The fraction of sp³-hybridized carbons (Fsp3) is 0.600. The van der Waals surface area contributed by atoms with Crippen molar-refractivity contribution in [3.8, 4) is 0 Å². The van der Waals surface area contributed by atoms with Gasteiger partial charge in [-0.05, 0) is 12.3 Å². The van der Waals surface area contributed by atoms with Crippen LogP contribution >= 0.6 is 59.6 Å². The predicted octanol–water partition coefficient (Wildman–Crippen LogP) is 3.84. The molecule has 0 aromatic rings. The van der Waals surface area contributed by atoms with Gasteiger partial charge < -0.3 is 0 Å². The van der Waals surface area contributed by atoms with Crippen molar-refractivity contribution < 1.29 is 0 Å². The Bertz CT molecular complexity index is 152. The second kappa shape index (κ2) is 2.88. The fourth-order valence-corrected chi connectivity index (χ4v) is 3.51. The first-order valence-electron chi connectivity index (χ1n) is 2.39. The molecule has 0 aromatic heterocycles. The lowest BCUT2D eigenvalue weighted by Crippen LogP contribution is -2.21. The highest BCUT2D eigenvalue weighted by Gasteiger charge is 2.37. The van der Waals surface area contributed by atoms with Gasteiger partial charge in [-0.25, -0.2) is 0 Å². The Morgan fingerprint density at radius 1 is 1.78 bits per heavy atom. The molecule has 2 unspecified atom stereocenters. The van der Waals surface area contributed by atoms with Gasteiger partial charge in [0.1, 0.15) is 0 Å². The number of rotatable bonds is 0. The van der Waals surface area contributed by atoms with Crippen LogP contribution in [0, 0.1) is 0 Å². The van der Waals surface area contributed by atoms with Crippen LogP contribution < -0.4 is 0 Å². The van der Waals surface area contributed by atoms with Crippen LogP contribution in [0.4, 0.5) is 0 Å². The second-order valence-corrected chi connectivity index (χ2v) is 7.00. The maximum absolute atomic E-state index is 3.59. The van der Waals surface area contributed by atoms with Gasteiger partial charge in [0, 0.05) is 4.48 Å². The average molecular weight is 337 g/mol. The van der Waals surface area contributed by atoms with Gasteiger partial charge in [-0.15, -0.1) is 11.8 Å². The number of allylic oxidation sites excluding steroid dienone is 1. The molecule has 0 saturated heterocycles. The van der Waals surface area contributed by atoms with E-state index in [1.54, 1.807) is 11.8 Å². The van der Waals surface area contributed by atoms with Crippen LogP contribution in [-0.4, -0.2) is 8.48 Å².